The predicted octanol–water partition coefficient (Wildman–Crippen LogP) is 2.57. The van der Waals surface area contributed by atoms with Crippen molar-refractivity contribution in [3.05, 3.63) is 23.8 Å². The molecule has 0 spiro atoms. The Labute approximate surface area is 122 Å². The van der Waals surface area contributed by atoms with Crippen LogP contribution in [0.15, 0.2) is 18.2 Å². The average Bonchev–Trinajstić information content (AvgIpc) is 2.41. The zero-order valence-electron chi connectivity index (χ0n) is 13.4. The molecule has 0 amide bonds. The number of ether oxygens (including phenoxy) is 2. The highest BCUT2D eigenvalue weighted by Gasteiger charge is 2.07. The van der Waals surface area contributed by atoms with Crippen LogP contribution in [0.5, 0.6) is 11.5 Å². The van der Waals surface area contributed by atoms with Crippen molar-refractivity contribution in [1.82, 2.24) is 10.6 Å². The summed E-state index contributed by atoms with van der Waals surface area (Å²) in [6.45, 7) is 9.37. The van der Waals surface area contributed by atoms with Crippen LogP contribution in [0.2, 0.25) is 0 Å². The van der Waals surface area contributed by atoms with E-state index in [1.54, 1.807) is 14.2 Å². The van der Waals surface area contributed by atoms with Crippen LogP contribution in [0.3, 0.4) is 0 Å². The first-order valence-electron chi connectivity index (χ1n) is 7.13. The topological polar surface area (TPSA) is 42.5 Å². The monoisotopic (exact) mass is 280 g/mol. The Hall–Kier alpha value is -1.26. The van der Waals surface area contributed by atoms with Crippen LogP contribution in [-0.4, -0.2) is 32.8 Å². The fraction of sp³-hybridized carbons (Fsp3) is 0.625. The molecule has 0 unspecified atom stereocenters. The van der Waals surface area contributed by atoms with E-state index in [9.17, 15) is 0 Å². The van der Waals surface area contributed by atoms with Crippen LogP contribution >= 0.6 is 0 Å². The minimum Gasteiger partial charge on any atom is -0.497 e. The number of rotatable bonds is 8. The standard InChI is InChI=1S/C16H28N2O2/c1-16(2,3)18-10-6-9-17-12-13-7-8-14(19-4)11-15(13)20-5/h7-8,11,17-18H,6,9-10,12H2,1-5H3. The number of hydrogen-bond donors (Lipinski definition) is 2. The minimum absolute atomic E-state index is 0.194. The third kappa shape index (κ3) is 6.26. The lowest BCUT2D eigenvalue weighted by Gasteiger charge is -2.20. The molecule has 1 aromatic rings. The Morgan fingerprint density at radius 1 is 1.05 bits per heavy atom. The van der Waals surface area contributed by atoms with Crippen LogP contribution in [0.1, 0.15) is 32.8 Å². The third-order valence-electron chi connectivity index (χ3n) is 3.00. The van der Waals surface area contributed by atoms with Crippen LogP contribution in [0.4, 0.5) is 0 Å². The molecule has 1 aromatic carbocycles. The molecule has 0 radical (unpaired) electrons. The summed E-state index contributed by atoms with van der Waals surface area (Å²) in [5.74, 6) is 1.68. The van der Waals surface area contributed by atoms with Gasteiger partial charge in [-0.3, -0.25) is 0 Å². The zero-order valence-corrected chi connectivity index (χ0v) is 13.4. The lowest BCUT2D eigenvalue weighted by molar-refractivity contribution is 0.389. The van der Waals surface area contributed by atoms with Gasteiger partial charge in [0.15, 0.2) is 0 Å². The van der Waals surface area contributed by atoms with Gasteiger partial charge >= 0.3 is 0 Å². The van der Waals surface area contributed by atoms with Gasteiger partial charge in [-0.25, -0.2) is 0 Å². The van der Waals surface area contributed by atoms with Gasteiger partial charge in [0.1, 0.15) is 11.5 Å². The van der Waals surface area contributed by atoms with E-state index in [2.05, 4.69) is 31.4 Å². The maximum atomic E-state index is 5.38. The molecule has 0 fully saturated rings. The molecule has 0 heterocycles. The van der Waals surface area contributed by atoms with Crippen LogP contribution in [-0.2, 0) is 6.54 Å². The van der Waals surface area contributed by atoms with E-state index < -0.39 is 0 Å². The molecular formula is C16H28N2O2. The maximum Gasteiger partial charge on any atom is 0.127 e. The van der Waals surface area contributed by atoms with Crippen LogP contribution in [0.25, 0.3) is 0 Å². The van der Waals surface area contributed by atoms with Gasteiger partial charge in [0.25, 0.3) is 0 Å². The van der Waals surface area contributed by atoms with Gasteiger partial charge in [-0.15, -0.1) is 0 Å². The first kappa shape index (κ1) is 16.8. The Bertz CT molecular complexity index is 400. The molecule has 114 valence electrons. The van der Waals surface area contributed by atoms with E-state index in [0.29, 0.717) is 0 Å². The second kappa shape index (κ2) is 8.12. The molecule has 4 nitrogen and oxygen atoms in total. The fourth-order valence-corrected chi connectivity index (χ4v) is 1.90. The van der Waals surface area contributed by atoms with Crippen molar-refractivity contribution in [2.45, 2.75) is 39.3 Å². The Balaban J connectivity index is 2.31. The van der Waals surface area contributed by atoms with Crippen molar-refractivity contribution in [2.24, 2.45) is 0 Å². The Morgan fingerprint density at radius 2 is 1.80 bits per heavy atom. The summed E-state index contributed by atoms with van der Waals surface area (Å²) >= 11 is 0. The summed E-state index contributed by atoms with van der Waals surface area (Å²) in [5.41, 5.74) is 1.34. The Morgan fingerprint density at radius 3 is 2.40 bits per heavy atom. The van der Waals surface area contributed by atoms with Crippen molar-refractivity contribution < 1.29 is 9.47 Å². The second-order valence-electron chi connectivity index (χ2n) is 5.88. The molecule has 1 rings (SSSR count). The van der Waals surface area contributed by atoms with Gasteiger partial charge in [0, 0.05) is 23.7 Å². The highest BCUT2D eigenvalue weighted by atomic mass is 16.5. The van der Waals surface area contributed by atoms with Gasteiger partial charge in [-0.1, -0.05) is 6.07 Å². The molecule has 0 aromatic heterocycles. The number of hydrogen-bond acceptors (Lipinski definition) is 4. The summed E-state index contributed by atoms with van der Waals surface area (Å²) in [7, 11) is 3.35. The summed E-state index contributed by atoms with van der Waals surface area (Å²) in [6.07, 6.45) is 1.11. The maximum absolute atomic E-state index is 5.38. The predicted molar refractivity (Wildman–Crippen MR) is 83.6 cm³/mol. The molecule has 0 aliphatic heterocycles. The largest absolute Gasteiger partial charge is 0.497 e. The molecule has 0 aliphatic rings. The highest BCUT2D eigenvalue weighted by molar-refractivity contribution is 5.40. The van der Waals surface area contributed by atoms with Crippen LogP contribution < -0.4 is 20.1 Å². The molecular weight excluding hydrogens is 252 g/mol. The van der Waals surface area contributed by atoms with Crippen molar-refractivity contribution >= 4 is 0 Å². The summed E-state index contributed by atoms with van der Waals surface area (Å²) in [6, 6.07) is 5.91. The quantitative estimate of drug-likeness (QED) is 0.718. The van der Waals surface area contributed by atoms with E-state index in [1.807, 2.05) is 18.2 Å². The molecule has 0 atom stereocenters. The summed E-state index contributed by atoms with van der Waals surface area (Å²) in [4.78, 5) is 0. The normalized spacial score (nSPS) is 11.4. The van der Waals surface area contributed by atoms with Gasteiger partial charge in [0.2, 0.25) is 0 Å². The smallest absolute Gasteiger partial charge is 0.127 e. The van der Waals surface area contributed by atoms with E-state index in [0.717, 1.165) is 43.1 Å². The summed E-state index contributed by atoms with van der Waals surface area (Å²) < 4.78 is 10.6. The van der Waals surface area contributed by atoms with Gasteiger partial charge in [-0.2, -0.15) is 0 Å². The molecule has 0 aliphatic carbocycles. The molecule has 0 saturated carbocycles. The first-order chi connectivity index (χ1) is 9.46. The van der Waals surface area contributed by atoms with E-state index >= 15 is 0 Å². The lowest BCUT2D eigenvalue weighted by Crippen LogP contribution is -2.37. The number of methoxy groups -OCH3 is 2. The van der Waals surface area contributed by atoms with Crippen molar-refractivity contribution in [3.8, 4) is 11.5 Å². The minimum atomic E-state index is 0.194. The van der Waals surface area contributed by atoms with E-state index in [4.69, 9.17) is 9.47 Å². The van der Waals surface area contributed by atoms with Crippen LogP contribution in [0, 0.1) is 0 Å². The van der Waals surface area contributed by atoms with Crippen molar-refractivity contribution in [3.63, 3.8) is 0 Å². The average molecular weight is 280 g/mol. The third-order valence-corrected chi connectivity index (χ3v) is 3.00. The van der Waals surface area contributed by atoms with Gasteiger partial charge < -0.3 is 20.1 Å². The molecule has 0 saturated heterocycles. The number of nitrogens with one attached hydrogen (secondary N) is 2. The number of benzene rings is 1. The second-order valence-corrected chi connectivity index (χ2v) is 5.88. The molecule has 0 bridgehead atoms. The van der Waals surface area contributed by atoms with Crippen molar-refractivity contribution in [1.29, 1.82) is 0 Å². The van der Waals surface area contributed by atoms with E-state index in [-0.39, 0.29) is 5.54 Å². The summed E-state index contributed by atoms with van der Waals surface area (Å²) in [5, 5.41) is 6.92. The molecule has 4 heteroatoms. The first-order valence-corrected chi connectivity index (χ1v) is 7.13. The highest BCUT2D eigenvalue weighted by Crippen LogP contribution is 2.24. The lowest BCUT2D eigenvalue weighted by atomic mass is 10.1. The van der Waals surface area contributed by atoms with Gasteiger partial charge in [0.05, 0.1) is 14.2 Å². The molecule has 2 N–H and O–H groups in total. The molecule has 20 heavy (non-hydrogen) atoms. The van der Waals surface area contributed by atoms with E-state index in [1.165, 1.54) is 0 Å². The van der Waals surface area contributed by atoms with Crippen molar-refractivity contribution in [2.75, 3.05) is 27.3 Å². The fourth-order valence-electron chi connectivity index (χ4n) is 1.90. The Kier molecular flexibility index (Phi) is 6.82. The SMILES string of the molecule is COc1ccc(CNCCCNC(C)(C)C)c(OC)c1. The van der Waals surface area contributed by atoms with Gasteiger partial charge in [-0.05, 0) is 46.3 Å². The zero-order chi connectivity index (χ0) is 15.0.